The number of aliphatic hydroxyl groups excluding tert-OH is 1. The van der Waals surface area contributed by atoms with E-state index >= 15 is 0 Å². The summed E-state index contributed by atoms with van der Waals surface area (Å²) in [7, 11) is 0. The van der Waals surface area contributed by atoms with Gasteiger partial charge in [-0.15, -0.1) is 0 Å². The molecule has 8 bridgehead atoms. The average molecular weight is 692 g/mol. The number of rotatable bonds is 12. The molecule has 51 heavy (non-hydrogen) atoms. The van der Waals surface area contributed by atoms with Crippen LogP contribution in [0.4, 0.5) is 0 Å². The van der Waals surface area contributed by atoms with Crippen LogP contribution in [-0.2, 0) is 20.8 Å². The van der Waals surface area contributed by atoms with Crippen molar-refractivity contribution in [2.75, 3.05) is 0 Å². The Labute approximate surface area is 295 Å². The molecule has 12 heteroatoms. The van der Waals surface area contributed by atoms with Gasteiger partial charge in [0.25, 0.3) is 0 Å². The number of fused-ring (bicyclic) bond motifs is 5. The molecule has 4 aliphatic rings. The summed E-state index contributed by atoms with van der Waals surface area (Å²) in [5.41, 5.74) is 16.6. The molecule has 1 aromatic heterocycles. The number of carboxylic acids is 3. The van der Waals surface area contributed by atoms with E-state index in [0.29, 0.717) is 62.3 Å². The molecule has 12 nitrogen and oxygen atoms in total. The summed E-state index contributed by atoms with van der Waals surface area (Å²) < 4.78 is 0. The van der Waals surface area contributed by atoms with Gasteiger partial charge in [-0.1, -0.05) is 25.3 Å². The van der Waals surface area contributed by atoms with Gasteiger partial charge >= 0.3 is 17.9 Å². The van der Waals surface area contributed by atoms with E-state index in [1.807, 2.05) is 39.8 Å². The number of nitrogens with two attached hydrogens (primary N) is 1. The molecule has 1 atom stereocenters. The van der Waals surface area contributed by atoms with Crippen molar-refractivity contribution in [3.05, 3.63) is 116 Å². The first kappa shape index (κ1) is 36.4. The quantitative estimate of drug-likeness (QED) is 0.133. The van der Waals surface area contributed by atoms with E-state index in [4.69, 9.17) is 20.7 Å². The summed E-state index contributed by atoms with van der Waals surface area (Å²) in [5.74, 6) is -3.24. The first-order valence-electron chi connectivity index (χ1n) is 16.5. The monoisotopic (exact) mass is 691 g/mol. The van der Waals surface area contributed by atoms with Gasteiger partial charge in [-0.25, -0.2) is 15.0 Å². The third-order valence-corrected chi connectivity index (χ3v) is 9.55. The van der Waals surface area contributed by atoms with Crippen molar-refractivity contribution in [2.24, 2.45) is 20.7 Å². The van der Waals surface area contributed by atoms with Gasteiger partial charge in [-0.2, -0.15) is 0 Å². The highest BCUT2D eigenvalue weighted by Gasteiger charge is 2.34. The summed E-state index contributed by atoms with van der Waals surface area (Å²) in [6.45, 7) is 15.5. The number of aliphatic imine (C=N–C) groups is 3. The number of carbonyl (C=O) groups is 3. The van der Waals surface area contributed by atoms with E-state index < -0.39 is 23.9 Å². The lowest BCUT2D eigenvalue weighted by molar-refractivity contribution is -0.138. The van der Waals surface area contributed by atoms with Gasteiger partial charge in [0.2, 0.25) is 0 Å². The van der Waals surface area contributed by atoms with Gasteiger partial charge in [0, 0.05) is 41.8 Å². The van der Waals surface area contributed by atoms with Gasteiger partial charge in [-0.05, 0) is 98.6 Å². The maximum absolute atomic E-state index is 11.8. The van der Waals surface area contributed by atoms with Crippen LogP contribution in [-0.4, -0.2) is 66.5 Å². The summed E-state index contributed by atoms with van der Waals surface area (Å²) in [5, 5.41) is 40.3. The van der Waals surface area contributed by atoms with Gasteiger partial charge in [0.1, 0.15) is 5.76 Å². The van der Waals surface area contributed by atoms with Crippen molar-refractivity contribution in [1.82, 2.24) is 4.98 Å². The minimum absolute atomic E-state index is 0.0432. The van der Waals surface area contributed by atoms with Crippen LogP contribution in [0.1, 0.15) is 75.4 Å². The minimum Gasteiger partial charge on any atom is -0.510 e. The van der Waals surface area contributed by atoms with E-state index in [1.165, 1.54) is 0 Å². The number of aromatic nitrogens is 1. The number of aliphatic hydroxyl groups is 1. The van der Waals surface area contributed by atoms with Crippen LogP contribution in [0.5, 0.6) is 0 Å². The summed E-state index contributed by atoms with van der Waals surface area (Å²) in [6, 6.07) is -1.06. The zero-order chi connectivity index (χ0) is 37.3. The zero-order valence-electron chi connectivity index (χ0n) is 29.1. The van der Waals surface area contributed by atoms with Gasteiger partial charge in [-0.3, -0.25) is 14.4 Å². The van der Waals surface area contributed by atoms with Crippen molar-refractivity contribution in [1.29, 1.82) is 0 Å². The molecule has 0 aliphatic carbocycles. The van der Waals surface area contributed by atoms with Crippen molar-refractivity contribution in [3.63, 3.8) is 0 Å². The molecule has 1 aromatic rings. The van der Waals surface area contributed by atoms with Gasteiger partial charge in [0.15, 0.2) is 0 Å². The number of hydrogen-bond donors (Lipinski definition) is 6. The molecule has 0 unspecified atom stereocenters. The molecule has 0 amide bonds. The number of carboxylic acid groups (broad SMARTS) is 3. The largest absolute Gasteiger partial charge is 0.510 e. The number of hydrogen-bond acceptors (Lipinski definition) is 8. The first-order chi connectivity index (χ1) is 24.2. The van der Waals surface area contributed by atoms with Crippen LogP contribution in [0.2, 0.25) is 0 Å². The summed E-state index contributed by atoms with van der Waals surface area (Å²) >= 11 is 0. The Morgan fingerprint density at radius 2 is 1.35 bits per heavy atom. The SMILES string of the molecule is C=CC1=C(C)C2=NC1=Cc1[nH]c(c(CCC(=O)O)c1C)C=C1N=C(C=C3N=C(C(C=C)=C3C)C2=C(O)[C@@H](N)CCC(=O)O)C(C)=C1CCC(=O)O. The van der Waals surface area contributed by atoms with Crippen LogP contribution < -0.4 is 5.73 Å². The minimum atomic E-state index is -1.06. The zero-order valence-corrected chi connectivity index (χ0v) is 29.1. The van der Waals surface area contributed by atoms with E-state index in [2.05, 4.69) is 18.1 Å². The molecule has 0 fully saturated rings. The molecule has 264 valence electrons. The fourth-order valence-electron chi connectivity index (χ4n) is 6.65. The predicted molar refractivity (Wildman–Crippen MR) is 198 cm³/mol. The number of aliphatic carboxylic acids is 3. The fraction of sp³-hybridized carbons (Fsp3) is 0.282. The number of nitrogens with zero attached hydrogens (tertiary/aromatic N) is 3. The highest BCUT2D eigenvalue weighted by atomic mass is 16.4. The normalized spacial score (nSPS) is 18.5. The Balaban J connectivity index is 1.88. The average Bonchev–Trinajstić information content (AvgIpc) is 3.74. The highest BCUT2D eigenvalue weighted by Crippen LogP contribution is 2.39. The van der Waals surface area contributed by atoms with E-state index in [0.717, 1.165) is 27.8 Å². The summed E-state index contributed by atoms with van der Waals surface area (Å²) in [6.07, 6.45) is 8.64. The molecular weight excluding hydrogens is 650 g/mol. The third-order valence-electron chi connectivity index (χ3n) is 9.55. The van der Waals surface area contributed by atoms with Gasteiger partial charge in [0.05, 0.1) is 45.8 Å². The Bertz CT molecular complexity index is 2120. The van der Waals surface area contributed by atoms with Crippen molar-refractivity contribution in [2.45, 2.75) is 72.3 Å². The molecule has 0 saturated heterocycles. The van der Waals surface area contributed by atoms with E-state index in [9.17, 15) is 34.8 Å². The lowest BCUT2D eigenvalue weighted by atomic mass is 9.89. The molecule has 5 rings (SSSR count). The lowest BCUT2D eigenvalue weighted by Crippen LogP contribution is -2.29. The Morgan fingerprint density at radius 1 is 0.745 bits per heavy atom. The first-order valence-corrected chi connectivity index (χ1v) is 16.5. The van der Waals surface area contributed by atoms with Gasteiger partial charge < -0.3 is 31.1 Å². The molecule has 7 N–H and O–H groups in total. The van der Waals surface area contributed by atoms with Crippen LogP contribution in [0.15, 0.2) is 108 Å². The maximum atomic E-state index is 11.8. The second-order valence-electron chi connectivity index (χ2n) is 12.7. The van der Waals surface area contributed by atoms with Crippen LogP contribution in [0.3, 0.4) is 0 Å². The molecule has 0 saturated carbocycles. The van der Waals surface area contributed by atoms with Crippen molar-refractivity contribution in [3.8, 4) is 0 Å². The van der Waals surface area contributed by atoms with E-state index in [-0.39, 0.29) is 49.9 Å². The second-order valence-corrected chi connectivity index (χ2v) is 12.7. The Morgan fingerprint density at radius 3 is 1.98 bits per heavy atom. The molecule has 5 heterocycles. The molecule has 0 aromatic carbocycles. The van der Waals surface area contributed by atoms with Crippen LogP contribution >= 0.6 is 0 Å². The molecule has 0 spiro atoms. The molecule has 4 aliphatic heterocycles. The smallest absolute Gasteiger partial charge is 0.303 e. The topological polar surface area (TPSA) is 211 Å². The number of aromatic amines is 1. The van der Waals surface area contributed by atoms with Crippen molar-refractivity contribution >= 4 is 47.2 Å². The summed E-state index contributed by atoms with van der Waals surface area (Å²) in [4.78, 5) is 53.1. The van der Waals surface area contributed by atoms with Crippen LogP contribution in [0, 0.1) is 6.92 Å². The maximum Gasteiger partial charge on any atom is 0.303 e. The number of H-pyrrole nitrogens is 1. The molecular formula is C39H41N5O7. The molecule has 0 radical (unpaired) electrons. The third kappa shape index (κ3) is 7.08. The second kappa shape index (κ2) is 14.5. The predicted octanol–water partition coefficient (Wildman–Crippen LogP) is 6.47. The fourth-order valence-corrected chi connectivity index (χ4v) is 6.65. The van der Waals surface area contributed by atoms with Crippen LogP contribution in [0.25, 0.3) is 12.2 Å². The Kier molecular flexibility index (Phi) is 10.4. The number of allylic oxidation sites excluding steroid dienone is 9. The Hall–Kier alpha value is -5.88. The van der Waals surface area contributed by atoms with Crippen molar-refractivity contribution < 1.29 is 34.8 Å². The lowest BCUT2D eigenvalue weighted by Gasteiger charge is -2.18. The number of nitrogens with one attached hydrogen (secondary N) is 1. The standard InChI is InChI=1S/C39H41N5O7/c1-7-22-21(6)37-36(39(51)26(40)11-14-35(49)50)38-23(8-2)18(3)29(43-38)15-27-19(4)24(9-12-33(45)46)31(41-27)17-32-25(10-13-34(47)48)20(5)28(42-32)16-30(22)44-37/h7-8,15-17,26,42,51H,1-2,9-14,40H2,3-6H3,(H,45,46)(H,47,48)(H,49,50)/t26-/m0/s1. The highest BCUT2D eigenvalue weighted by molar-refractivity contribution is 6.38. The van der Waals surface area contributed by atoms with E-state index in [1.54, 1.807) is 18.2 Å².